The number of benzene rings is 5. The Hall–Kier alpha value is -5.12. The van der Waals surface area contributed by atoms with Crippen molar-refractivity contribution in [2.75, 3.05) is 9.80 Å². The molecule has 5 aromatic carbocycles. The van der Waals surface area contributed by atoms with Gasteiger partial charge < -0.3 is 19.3 Å². The number of nitrogens with zero attached hydrogens (tertiary/aromatic N) is 2. The van der Waals surface area contributed by atoms with Gasteiger partial charge in [-0.1, -0.05) is 48.5 Å². The molecule has 2 aliphatic heterocycles. The highest BCUT2D eigenvalue weighted by Gasteiger charge is 2.46. The van der Waals surface area contributed by atoms with Crippen molar-refractivity contribution in [1.82, 2.24) is 0 Å². The van der Waals surface area contributed by atoms with Gasteiger partial charge in [-0.25, -0.2) is 0 Å². The maximum Gasteiger partial charge on any atom is 0.418 e. The van der Waals surface area contributed by atoms with Crippen molar-refractivity contribution < 1.29 is 35.8 Å². The summed E-state index contributed by atoms with van der Waals surface area (Å²) >= 11 is 0. The Kier molecular flexibility index (Phi) is 5.66. The van der Waals surface area contributed by atoms with Crippen LogP contribution in [0, 0.1) is 0 Å². The summed E-state index contributed by atoms with van der Waals surface area (Å²) in [6.45, 7) is 0. The molecule has 0 amide bonds. The number of para-hydroxylation sites is 8. The number of fused-ring (bicyclic) bond motifs is 4. The van der Waals surface area contributed by atoms with Gasteiger partial charge in [-0.3, -0.25) is 0 Å². The quantitative estimate of drug-likeness (QED) is 0.191. The molecule has 2 heterocycles. The van der Waals surface area contributed by atoms with Crippen LogP contribution in [0.5, 0.6) is 23.0 Å². The highest BCUT2D eigenvalue weighted by molar-refractivity contribution is 5.92. The van der Waals surface area contributed by atoms with Crippen LogP contribution < -0.4 is 19.3 Å². The van der Waals surface area contributed by atoms with Crippen LogP contribution in [-0.4, -0.2) is 0 Å². The van der Waals surface area contributed by atoms with E-state index in [1.165, 1.54) is 41.3 Å². The minimum atomic E-state index is -5.17. The summed E-state index contributed by atoms with van der Waals surface area (Å²) in [7, 11) is 0. The number of halogens is 6. The Labute approximate surface area is 235 Å². The Morgan fingerprint density at radius 2 is 0.738 bits per heavy atom. The summed E-state index contributed by atoms with van der Waals surface area (Å²) in [5, 5.41) is 0. The van der Waals surface area contributed by atoms with Gasteiger partial charge >= 0.3 is 12.4 Å². The fraction of sp³-hybridized carbons (Fsp3) is 0.0625. The summed E-state index contributed by atoms with van der Waals surface area (Å²) in [5.74, 6) is 0.826. The van der Waals surface area contributed by atoms with Crippen molar-refractivity contribution in [2.45, 2.75) is 12.4 Å². The molecule has 0 saturated carbocycles. The van der Waals surface area contributed by atoms with E-state index in [1.54, 1.807) is 60.7 Å². The fourth-order valence-corrected chi connectivity index (χ4v) is 5.35. The molecular weight excluding hydrogens is 558 g/mol. The summed E-state index contributed by atoms with van der Waals surface area (Å²) < 4.78 is 102. The number of alkyl halides is 6. The number of rotatable bonds is 2. The Balaban J connectivity index is 1.56. The van der Waals surface area contributed by atoms with Gasteiger partial charge in [-0.05, 0) is 60.7 Å². The first kappa shape index (κ1) is 25.8. The molecule has 0 bridgehead atoms. The van der Waals surface area contributed by atoms with Gasteiger partial charge in [0.1, 0.15) is 0 Å². The first-order chi connectivity index (χ1) is 20.1. The third kappa shape index (κ3) is 4.09. The molecule has 0 unspecified atom stereocenters. The van der Waals surface area contributed by atoms with Gasteiger partial charge in [-0.2, -0.15) is 26.3 Å². The molecule has 0 aromatic heterocycles. The number of anilines is 6. The minimum absolute atomic E-state index is 0.0435. The molecule has 2 aliphatic rings. The lowest BCUT2D eigenvalue weighted by Crippen LogP contribution is -2.25. The van der Waals surface area contributed by atoms with Crippen molar-refractivity contribution in [3.63, 3.8) is 0 Å². The van der Waals surface area contributed by atoms with E-state index < -0.39 is 29.2 Å². The van der Waals surface area contributed by atoms with E-state index in [2.05, 4.69) is 0 Å². The second-order valence-electron chi connectivity index (χ2n) is 9.63. The van der Waals surface area contributed by atoms with E-state index in [9.17, 15) is 26.3 Å². The average Bonchev–Trinajstić information content (AvgIpc) is 2.97. The molecule has 210 valence electrons. The predicted octanol–water partition coefficient (Wildman–Crippen LogP) is 10.9. The molecule has 0 saturated heterocycles. The first-order valence-corrected chi connectivity index (χ1v) is 12.8. The number of ether oxygens (including phenoxy) is 2. The smallest absolute Gasteiger partial charge is 0.418 e. The van der Waals surface area contributed by atoms with Crippen molar-refractivity contribution in [2.24, 2.45) is 0 Å². The second kappa shape index (κ2) is 9.20. The zero-order chi connectivity index (χ0) is 29.2. The lowest BCUT2D eigenvalue weighted by Gasteiger charge is -2.37. The molecular formula is C32H18F6N2O2. The van der Waals surface area contributed by atoms with Crippen LogP contribution in [0.15, 0.2) is 109 Å². The van der Waals surface area contributed by atoms with E-state index in [1.807, 2.05) is 0 Å². The monoisotopic (exact) mass is 576 g/mol. The van der Waals surface area contributed by atoms with Crippen molar-refractivity contribution >= 4 is 34.1 Å². The third-order valence-corrected chi connectivity index (χ3v) is 7.05. The summed E-state index contributed by atoms with van der Waals surface area (Å²) in [6, 6.07) is 26.6. The standard InChI is InChI=1S/C32H18F6N2O2/c33-31(34,35)20-17-19(39-22-9-1-5-13-26(22)41-27-14-6-2-10-23(27)39)18-21(32(36,37)38)30(20)40-24-11-3-7-15-28(24)42-29-16-8-4-12-25(29)40/h1-18H. The Morgan fingerprint density at radius 1 is 0.429 bits per heavy atom. The predicted molar refractivity (Wildman–Crippen MR) is 146 cm³/mol. The normalized spacial score (nSPS) is 13.8. The van der Waals surface area contributed by atoms with Crippen LogP contribution in [0.25, 0.3) is 0 Å². The summed E-state index contributed by atoms with van der Waals surface area (Å²) in [6.07, 6.45) is -10.3. The molecule has 0 atom stereocenters. The zero-order valence-corrected chi connectivity index (χ0v) is 21.4. The van der Waals surface area contributed by atoms with Crippen LogP contribution in [0.4, 0.5) is 60.5 Å². The molecule has 0 radical (unpaired) electrons. The minimum Gasteiger partial charge on any atom is -0.453 e. The third-order valence-electron chi connectivity index (χ3n) is 7.05. The van der Waals surface area contributed by atoms with E-state index in [0.717, 1.165) is 17.0 Å². The van der Waals surface area contributed by atoms with E-state index >= 15 is 0 Å². The van der Waals surface area contributed by atoms with Gasteiger partial charge in [0.15, 0.2) is 23.0 Å². The lowest BCUT2D eigenvalue weighted by molar-refractivity contribution is -0.141. The van der Waals surface area contributed by atoms with Gasteiger partial charge in [0.05, 0.1) is 39.6 Å². The molecule has 0 spiro atoms. The first-order valence-electron chi connectivity index (χ1n) is 12.8. The molecule has 0 fully saturated rings. The summed E-state index contributed by atoms with van der Waals surface area (Å²) in [5.41, 5.74) is -3.60. The molecule has 0 aliphatic carbocycles. The highest BCUT2D eigenvalue weighted by Crippen LogP contribution is 2.58. The van der Waals surface area contributed by atoms with Gasteiger partial charge in [0.25, 0.3) is 0 Å². The second-order valence-corrected chi connectivity index (χ2v) is 9.63. The van der Waals surface area contributed by atoms with Crippen LogP contribution in [0.2, 0.25) is 0 Å². The molecule has 4 nitrogen and oxygen atoms in total. The van der Waals surface area contributed by atoms with E-state index in [4.69, 9.17) is 9.47 Å². The zero-order valence-electron chi connectivity index (χ0n) is 21.4. The van der Waals surface area contributed by atoms with Crippen molar-refractivity contribution in [1.29, 1.82) is 0 Å². The SMILES string of the molecule is FC(F)(F)c1cc(N2c3ccccc3Oc3ccccc32)cc(C(F)(F)F)c1N1c2ccccc2Oc2ccccc21. The Morgan fingerprint density at radius 3 is 1.07 bits per heavy atom. The lowest BCUT2D eigenvalue weighted by atomic mass is 9.99. The van der Waals surface area contributed by atoms with Gasteiger partial charge in [0, 0.05) is 5.69 Å². The van der Waals surface area contributed by atoms with Crippen LogP contribution >= 0.6 is 0 Å². The van der Waals surface area contributed by atoms with Crippen LogP contribution in [0.3, 0.4) is 0 Å². The summed E-state index contributed by atoms with van der Waals surface area (Å²) in [4.78, 5) is 2.33. The number of hydrogen-bond acceptors (Lipinski definition) is 4. The maximum absolute atomic E-state index is 15.0. The van der Waals surface area contributed by atoms with Gasteiger partial charge in [-0.15, -0.1) is 0 Å². The van der Waals surface area contributed by atoms with E-state index in [-0.39, 0.29) is 28.6 Å². The van der Waals surface area contributed by atoms with Crippen molar-refractivity contribution in [3.8, 4) is 23.0 Å². The van der Waals surface area contributed by atoms with Crippen molar-refractivity contribution in [3.05, 3.63) is 120 Å². The molecule has 5 aromatic rings. The van der Waals surface area contributed by atoms with E-state index in [0.29, 0.717) is 22.9 Å². The molecule has 7 rings (SSSR count). The molecule has 42 heavy (non-hydrogen) atoms. The van der Waals surface area contributed by atoms with Crippen LogP contribution in [-0.2, 0) is 12.4 Å². The maximum atomic E-state index is 15.0. The highest BCUT2D eigenvalue weighted by atomic mass is 19.4. The largest absolute Gasteiger partial charge is 0.453 e. The van der Waals surface area contributed by atoms with Crippen LogP contribution in [0.1, 0.15) is 11.1 Å². The van der Waals surface area contributed by atoms with Gasteiger partial charge in [0.2, 0.25) is 0 Å². The number of hydrogen-bond donors (Lipinski definition) is 0. The average molecular weight is 576 g/mol. The molecule has 10 heteroatoms. The fourth-order valence-electron chi connectivity index (χ4n) is 5.35. The topological polar surface area (TPSA) is 24.9 Å². The molecule has 0 N–H and O–H groups in total. The Bertz CT molecular complexity index is 1720.